The summed E-state index contributed by atoms with van der Waals surface area (Å²) in [5, 5.41) is 5.47. The number of carbonyl (C=O) groups excluding carboxylic acids is 5. The second-order valence-corrected chi connectivity index (χ2v) is 18.8. The van der Waals surface area contributed by atoms with Crippen LogP contribution in [0.4, 0.5) is 35.0 Å². The zero-order valence-electron chi connectivity index (χ0n) is 36.5. The zero-order chi connectivity index (χ0) is 47.2. The number of anilines is 3. The summed E-state index contributed by atoms with van der Waals surface area (Å²) in [6.07, 6.45) is 6.55. The lowest BCUT2D eigenvalue weighted by Gasteiger charge is -2.47. The highest BCUT2D eigenvalue weighted by molar-refractivity contribution is 7.90. The first-order valence-electron chi connectivity index (χ1n) is 21.6. The quantitative estimate of drug-likeness (QED) is 0.116. The molecule has 7 heterocycles. The van der Waals surface area contributed by atoms with Gasteiger partial charge in [-0.3, -0.25) is 43.8 Å². The number of fused-ring (bicyclic) bond motifs is 1. The minimum absolute atomic E-state index is 0.0459. The van der Waals surface area contributed by atoms with Crippen molar-refractivity contribution < 1.29 is 50.0 Å². The second-order valence-electron chi connectivity index (χ2n) is 17.0. The third-order valence-corrected chi connectivity index (χ3v) is 14.5. The Kier molecular flexibility index (Phi) is 12.9. The second kappa shape index (κ2) is 18.4. The van der Waals surface area contributed by atoms with Crippen LogP contribution in [0.1, 0.15) is 60.2 Å². The van der Waals surface area contributed by atoms with Crippen molar-refractivity contribution in [2.75, 3.05) is 94.0 Å². The van der Waals surface area contributed by atoms with Crippen LogP contribution in [0.3, 0.4) is 0 Å². The van der Waals surface area contributed by atoms with Crippen molar-refractivity contribution in [3.8, 4) is 0 Å². The largest absolute Gasteiger partial charge is 0.365 e. The highest BCUT2D eigenvalue weighted by Gasteiger charge is 2.50. The predicted molar refractivity (Wildman–Crippen MR) is 232 cm³/mol. The number of carbonyl (C=O) groups is 5. The van der Waals surface area contributed by atoms with Crippen LogP contribution < -0.4 is 20.3 Å². The molecule has 0 spiro atoms. The Morgan fingerprint density at radius 2 is 1.73 bits per heavy atom. The summed E-state index contributed by atoms with van der Waals surface area (Å²) < 4.78 is 90.2. The first-order chi connectivity index (χ1) is 31.3. The fourth-order valence-corrected chi connectivity index (χ4v) is 10.0. The van der Waals surface area contributed by atoms with E-state index in [1.54, 1.807) is 30.3 Å². The molecule has 0 aliphatic carbocycles. The van der Waals surface area contributed by atoms with E-state index in [2.05, 4.69) is 30.3 Å². The van der Waals surface area contributed by atoms with Gasteiger partial charge in [0.25, 0.3) is 5.92 Å². The van der Waals surface area contributed by atoms with Crippen molar-refractivity contribution in [1.29, 1.82) is 0 Å². The summed E-state index contributed by atoms with van der Waals surface area (Å²) in [5.41, 5.74) is -0.00849. The first-order valence-corrected chi connectivity index (χ1v) is 23.1. The molecule has 8 rings (SSSR count). The van der Waals surface area contributed by atoms with Crippen molar-refractivity contribution in [2.24, 2.45) is 0 Å². The monoisotopic (exact) mass is 942 g/mol. The van der Waals surface area contributed by atoms with E-state index in [4.69, 9.17) is 0 Å². The minimum Gasteiger partial charge on any atom is -0.365 e. The summed E-state index contributed by atoms with van der Waals surface area (Å²) in [6.45, 7) is 4.27. The first kappa shape index (κ1) is 46.5. The Morgan fingerprint density at radius 1 is 1.00 bits per heavy atom. The van der Waals surface area contributed by atoms with Crippen molar-refractivity contribution in [3.63, 3.8) is 0 Å². The molecule has 0 saturated carbocycles. The average molecular weight is 943 g/mol. The standard InChI is InChI=1S/C42H50F4N12O7S/c1-4-53(3)66(64,65)52-30-6-5-29(43)36(37(30)44)38(62)28-20-47-39-27(28)17-26(24(2)50-39)25-18-48-41(49-19-25)56-13-11-55(12-14-56)34(60)21-54-10-9-32(42(45,46)23-54)57-15-16-58(35(61)22-57)31-7-8-33(59)51-40(31)63/h5-6,17-20,24,31-32,47,50,52H,4,7-16,21-23H2,1-3H3,(H,51,59,63). The normalized spacial score (nSPS) is 23.0. The number of hydrogen-bond donors (Lipinski definition) is 4. The van der Waals surface area contributed by atoms with Gasteiger partial charge in [0.05, 0.1) is 43.0 Å². The van der Waals surface area contributed by atoms with Gasteiger partial charge in [0.15, 0.2) is 5.82 Å². The van der Waals surface area contributed by atoms with Crippen molar-refractivity contribution in [2.45, 2.75) is 57.2 Å². The van der Waals surface area contributed by atoms with E-state index < -0.39 is 81.2 Å². The minimum atomic E-state index is -4.18. The number of ketones is 1. The van der Waals surface area contributed by atoms with Crippen LogP contribution in [0.25, 0.3) is 11.6 Å². The van der Waals surface area contributed by atoms with E-state index in [0.717, 1.165) is 16.4 Å². The number of piperidine rings is 2. The van der Waals surface area contributed by atoms with Gasteiger partial charge in [0.1, 0.15) is 17.7 Å². The lowest BCUT2D eigenvalue weighted by atomic mass is 9.93. The number of rotatable bonds is 12. The van der Waals surface area contributed by atoms with Gasteiger partial charge in [0, 0.05) is 101 Å². The van der Waals surface area contributed by atoms with Crippen LogP contribution in [0.15, 0.2) is 30.7 Å². The van der Waals surface area contributed by atoms with Gasteiger partial charge >= 0.3 is 10.2 Å². The molecule has 4 amide bonds. The summed E-state index contributed by atoms with van der Waals surface area (Å²) in [4.78, 5) is 83.8. The molecule has 19 nitrogen and oxygen atoms in total. The Labute approximate surface area is 377 Å². The molecular formula is C42H50F4N12O7S. The molecule has 5 aliphatic heterocycles. The van der Waals surface area contributed by atoms with E-state index in [0.29, 0.717) is 54.6 Å². The number of alkyl halides is 2. The predicted octanol–water partition coefficient (Wildman–Crippen LogP) is 1.58. The van der Waals surface area contributed by atoms with E-state index >= 15 is 17.6 Å². The van der Waals surface area contributed by atoms with Crippen LogP contribution in [-0.4, -0.2) is 180 Å². The lowest BCUT2D eigenvalue weighted by Crippen LogP contribution is -2.66. The number of aromatic amines is 1. The number of likely N-dealkylation sites (tertiary alicyclic amines) is 1. The summed E-state index contributed by atoms with van der Waals surface area (Å²) in [7, 11) is -2.90. The van der Waals surface area contributed by atoms with Gasteiger partial charge in [-0.2, -0.15) is 12.7 Å². The molecule has 24 heteroatoms. The molecule has 3 atom stereocenters. The van der Waals surface area contributed by atoms with Crippen molar-refractivity contribution >= 4 is 68.7 Å². The molecule has 3 unspecified atom stereocenters. The molecule has 66 heavy (non-hydrogen) atoms. The van der Waals surface area contributed by atoms with E-state index in [1.807, 2.05) is 11.8 Å². The third kappa shape index (κ3) is 9.22. The fourth-order valence-electron chi connectivity index (χ4n) is 9.10. The molecule has 3 aromatic rings. The summed E-state index contributed by atoms with van der Waals surface area (Å²) >= 11 is 0. The third-order valence-electron chi connectivity index (χ3n) is 12.9. The highest BCUT2D eigenvalue weighted by Crippen LogP contribution is 2.37. The highest BCUT2D eigenvalue weighted by atomic mass is 32.2. The Bertz CT molecular complexity index is 2570. The van der Waals surface area contributed by atoms with Gasteiger partial charge in [0.2, 0.25) is 35.4 Å². The van der Waals surface area contributed by atoms with Crippen molar-refractivity contribution in [1.82, 2.24) is 44.2 Å². The Balaban J connectivity index is 0.853. The molecular weight excluding hydrogens is 893 g/mol. The molecule has 4 saturated heterocycles. The number of amides is 4. The Hall–Kier alpha value is -5.98. The lowest BCUT2D eigenvalue weighted by molar-refractivity contribution is -0.161. The van der Waals surface area contributed by atoms with Crippen LogP contribution in [0.5, 0.6) is 0 Å². The number of H-pyrrole nitrogens is 1. The van der Waals surface area contributed by atoms with Crippen LogP contribution >= 0.6 is 0 Å². The molecule has 4 fully saturated rings. The number of benzene rings is 1. The molecule has 5 aliphatic rings. The van der Waals surface area contributed by atoms with Gasteiger partial charge in [-0.05, 0) is 43.5 Å². The average Bonchev–Trinajstić information content (AvgIpc) is 3.69. The van der Waals surface area contributed by atoms with Gasteiger partial charge in [-0.1, -0.05) is 6.92 Å². The van der Waals surface area contributed by atoms with Crippen LogP contribution in [0, 0.1) is 11.6 Å². The zero-order valence-corrected chi connectivity index (χ0v) is 37.3. The van der Waals surface area contributed by atoms with Crippen molar-refractivity contribution in [3.05, 3.63) is 64.6 Å². The number of nitrogens with zero attached hydrogens (tertiary/aromatic N) is 8. The Morgan fingerprint density at radius 3 is 2.39 bits per heavy atom. The molecule has 0 bridgehead atoms. The number of hydrogen-bond acceptors (Lipinski definition) is 13. The molecule has 1 aromatic carbocycles. The number of halogens is 4. The SMILES string of the molecule is CCN(C)S(=O)(=O)Nc1ccc(F)c(C(=O)c2c[nH]c3c2C=C(c2cnc(N4CCN(C(=O)CN5CCC(N6CCN(C7CCC(=O)NC7=O)C(=O)C6)C(F)(F)C5)CC4)nc2)C(C)N3)c1F. The van der Waals surface area contributed by atoms with Gasteiger partial charge in [-0.25, -0.2) is 27.5 Å². The maximum atomic E-state index is 15.7. The van der Waals surface area contributed by atoms with E-state index in [-0.39, 0.29) is 76.0 Å². The van der Waals surface area contributed by atoms with Crippen LogP contribution in [-0.2, 0) is 29.4 Å². The fraction of sp³-hybridized carbons (Fsp3) is 0.500. The number of piperazine rings is 2. The van der Waals surface area contributed by atoms with Gasteiger partial charge < -0.3 is 25.0 Å². The maximum Gasteiger partial charge on any atom is 0.301 e. The van der Waals surface area contributed by atoms with E-state index in [9.17, 15) is 32.4 Å². The number of nitrogens with one attached hydrogen (secondary N) is 4. The molecule has 354 valence electrons. The topological polar surface area (TPSA) is 217 Å². The smallest absolute Gasteiger partial charge is 0.301 e. The number of aromatic nitrogens is 3. The number of imide groups is 1. The molecule has 4 N–H and O–H groups in total. The summed E-state index contributed by atoms with van der Waals surface area (Å²) in [6, 6.07) is -0.593. The summed E-state index contributed by atoms with van der Waals surface area (Å²) in [5.74, 6) is -7.62. The maximum absolute atomic E-state index is 15.7. The molecule has 2 aromatic heterocycles. The van der Waals surface area contributed by atoms with Gasteiger partial charge in [-0.15, -0.1) is 0 Å². The molecule has 0 radical (unpaired) electrons. The van der Waals surface area contributed by atoms with Crippen LogP contribution in [0.2, 0.25) is 0 Å². The van der Waals surface area contributed by atoms with E-state index in [1.165, 1.54) is 27.9 Å².